The van der Waals surface area contributed by atoms with Crippen molar-refractivity contribution in [1.82, 2.24) is 19.2 Å². The molecule has 0 N–H and O–H groups in total. The minimum Gasteiger partial charge on any atom is -0.336 e. The Bertz CT molecular complexity index is 987. The highest BCUT2D eigenvalue weighted by Gasteiger charge is 2.23. The number of carbonyl (C=O) groups is 1. The number of fused-ring (bicyclic) bond motifs is 1. The van der Waals surface area contributed by atoms with Crippen LogP contribution in [0.1, 0.15) is 25.9 Å². The molecule has 0 fully saturated rings. The van der Waals surface area contributed by atoms with E-state index in [1.54, 1.807) is 4.57 Å². The van der Waals surface area contributed by atoms with Gasteiger partial charge in [-0.1, -0.05) is 30.3 Å². The molecular formula is C19H20N4O2S. The molecule has 4 rings (SSSR count). The summed E-state index contributed by atoms with van der Waals surface area (Å²) in [7, 11) is 0. The highest BCUT2D eigenvalue weighted by molar-refractivity contribution is 7.13. The molecule has 0 radical (unpaired) electrons. The van der Waals surface area contributed by atoms with E-state index in [0.717, 1.165) is 21.1 Å². The quantitative estimate of drug-likeness (QED) is 0.712. The van der Waals surface area contributed by atoms with Crippen molar-refractivity contribution in [2.24, 2.45) is 0 Å². The molecule has 3 heterocycles. The third kappa shape index (κ3) is 3.22. The molecule has 0 spiro atoms. The molecule has 26 heavy (non-hydrogen) atoms. The minimum absolute atomic E-state index is 0.0402. The Balaban J connectivity index is 1.51. The molecule has 2 aromatic heterocycles. The fourth-order valence-electron chi connectivity index (χ4n) is 3.23. The predicted molar refractivity (Wildman–Crippen MR) is 101 cm³/mol. The van der Waals surface area contributed by atoms with Crippen molar-refractivity contribution >= 4 is 17.2 Å². The van der Waals surface area contributed by atoms with Gasteiger partial charge in [-0.05, 0) is 24.6 Å². The van der Waals surface area contributed by atoms with Crippen LogP contribution in [0.3, 0.4) is 0 Å². The summed E-state index contributed by atoms with van der Waals surface area (Å²) in [6.07, 6.45) is 0.590. The van der Waals surface area contributed by atoms with Gasteiger partial charge in [0, 0.05) is 30.9 Å². The Labute approximate surface area is 155 Å². The number of thiophene rings is 1. The van der Waals surface area contributed by atoms with Crippen LogP contribution in [0.2, 0.25) is 0 Å². The molecule has 0 atom stereocenters. The summed E-state index contributed by atoms with van der Waals surface area (Å²) in [5, 5.41) is 4.51. The van der Waals surface area contributed by atoms with Crippen LogP contribution in [-0.4, -0.2) is 38.2 Å². The van der Waals surface area contributed by atoms with Crippen LogP contribution < -0.4 is 5.69 Å². The summed E-state index contributed by atoms with van der Waals surface area (Å²) in [6, 6.07) is 13.7. The molecule has 1 amide bonds. The normalized spacial score (nSPS) is 14.1. The van der Waals surface area contributed by atoms with Gasteiger partial charge in [0.2, 0.25) is 0 Å². The number of nitrogens with zero attached hydrogens (tertiary/aromatic N) is 4. The van der Waals surface area contributed by atoms with Crippen LogP contribution in [0.25, 0.3) is 0 Å². The number of amides is 1. The number of hydrogen-bond acceptors (Lipinski definition) is 4. The smallest absolute Gasteiger partial charge is 0.336 e. The van der Waals surface area contributed by atoms with Crippen molar-refractivity contribution in [1.29, 1.82) is 0 Å². The van der Waals surface area contributed by atoms with Crippen molar-refractivity contribution in [3.05, 3.63) is 74.1 Å². The lowest BCUT2D eigenvalue weighted by Crippen LogP contribution is -2.34. The summed E-state index contributed by atoms with van der Waals surface area (Å²) in [5.74, 6) is 0.794. The van der Waals surface area contributed by atoms with Crippen LogP contribution in [0.4, 0.5) is 0 Å². The highest BCUT2D eigenvalue weighted by Crippen LogP contribution is 2.18. The second-order valence-electron chi connectivity index (χ2n) is 6.45. The van der Waals surface area contributed by atoms with Crippen molar-refractivity contribution < 1.29 is 4.79 Å². The molecule has 0 bridgehead atoms. The standard InChI is InChI=1S/C19H20N4O2S/c1-14-7-8-16(26-14)18(24)21-10-9-17-20-23(19(25)22(17)12-11-21)13-15-5-3-2-4-6-15/h2-8H,9-13H2,1H3. The monoisotopic (exact) mass is 368 g/mol. The molecule has 7 heteroatoms. The Hall–Kier alpha value is -2.67. The second kappa shape index (κ2) is 6.92. The molecule has 0 unspecified atom stereocenters. The minimum atomic E-state index is -0.106. The largest absolute Gasteiger partial charge is 0.346 e. The van der Waals surface area contributed by atoms with E-state index in [0.29, 0.717) is 32.6 Å². The summed E-state index contributed by atoms with van der Waals surface area (Å²) in [4.78, 5) is 29.0. The van der Waals surface area contributed by atoms with Crippen molar-refractivity contribution in [3.63, 3.8) is 0 Å². The van der Waals surface area contributed by atoms with Gasteiger partial charge in [-0.3, -0.25) is 9.36 Å². The fraction of sp³-hybridized carbons (Fsp3) is 0.316. The molecule has 1 aromatic carbocycles. The number of rotatable bonds is 3. The van der Waals surface area contributed by atoms with E-state index in [2.05, 4.69) is 5.10 Å². The van der Waals surface area contributed by atoms with Gasteiger partial charge in [-0.25, -0.2) is 9.48 Å². The topological polar surface area (TPSA) is 60.1 Å². The van der Waals surface area contributed by atoms with Crippen LogP contribution in [-0.2, 0) is 19.5 Å². The summed E-state index contributed by atoms with van der Waals surface area (Å²) < 4.78 is 3.22. The first-order valence-corrected chi connectivity index (χ1v) is 9.49. The molecule has 0 saturated carbocycles. The molecule has 6 nitrogen and oxygen atoms in total. The maximum Gasteiger partial charge on any atom is 0.346 e. The molecule has 0 saturated heterocycles. The van der Waals surface area contributed by atoms with Gasteiger partial charge < -0.3 is 4.90 Å². The summed E-state index contributed by atoms with van der Waals surface area (Å²) in [5.41, 5.74) is 0.942. The van der Waals surface area contributed by atoms with Crippen LogP contribution >= 0.6 is 11.3 Å². The van der Waals surface area contributed by atoms with Gasteiger partial charge in [-0.2, -0.15) is 5.10 Å². The van der Waals surface area contributed by atoms with Gasteiger partial charge in [0.05, 0.1) is 11.4 Å². The van der Waals surface area contributed by atoms with Gasteiger partial charge in [0.1, 0.15) is 5.82 Å². The Morgan fingerprint density at radius 2 is 1.92 bits per heavy atom. The number of carbonyl (C=O) groups excluding carboxylic acids is 1. The number of hydrogen-bond donors (Lipinski definition) is 0. The predicted octanol–water partition coefficient (Wildman–Crippen LogP) is 2.16. The van der Waals surface area contributed by atoms with Crippen molar-refractivity contribution in [2.45, 2.75) is 26.4 Å². The maximum absolute atomic E-state index is 12.7. The molecular weight excluding hydrogens is 348 g/mol. The van der Waals surface area contributed by atoms with Gasteiger partial charge >= 0.3 is 5.69 Å². The van der Waals surface area contributed by atoms with E-state index < -0.39 is 0 Å². The fourth-order valence-corrected chi connectivity index (χ4v) is 4.07. The van der Waals surface area contributed by atoms with Crippen LogP contribution in [0, 0.1) is 6.92 Å². The highest BCUT2D eigenvalue weighted by atomic mass is 32.1. The lowest BCUT2D eigenvalue weighted by atomic mass is 10.2. The maximum atomic E-state index is 12.7. The lowest BCUT2D eigenvalue weighted by molar-refractivity contribution is 0.0763. The van der Waals surface area contributed by atoms with E-state index in [4.69, 9.17) is 0 Å². The first kappa shape index (κ1) is 16.8. The van der Waals surface area contributed by atoms with Crippen molar-refractivity contribution in [3.8, 4) is 0 Å². The second-order valence-corrected chi connectivity index (χ2v) is 7.73. The van der Waals surface area contributed by atoms with Crippen LogP contribution in [0.5, 0.6) is 0 Å². The average molecular weight is 368 g/mol. The molecule has 1 aliphatic heterocycles. The van der Waals surface area contributed by atoms with Crippen molar-refractivity contribution in [2.75, 3.05) is 13.1 Å². The lowest BCUT2D eigenvalue weighted by Gasteiger charge is -2.19. The Morgan fingerprint density at radius 1 is 1.12 bits per heavy atom. The third-order valence-corrected chi connectivity index (χ3v) is 5.60. The molecule has 3 aromatic rings. The van der Waals surface area contributed by atoms with Gasteiger partial charge in [0.25, 0.3) is 5.91 Å². The summed E-state index contributed by atoms with van der Waals surface area (Å²) in [6.45, 7) is 4.06. The number of aryl methyl sites for hydroxylation is 1. The van der Waals surface area contributed by atoms with E-state index >= 15 is 0 Å². The zero-order valence-electron chi connectivity index (χ0n) is 14.6. The molecule has 134 valence electrons. The van der Waals surface area contributed by atoms with Gasteiger partial charge in [0.15, 0.2) is 0 Å². The summed E-state index contributed by atoms with van der Waals surface area (Å²) >= 11 is 1.51. The third-order valence-electron chi connectivity index (χ3n) is 4.61. The zero-order chi connectivity index (χ0) is 18.1. The van der Waals surface area contributed by atoms with E-state index in [1.165, 1.54) is 16.0 Å². The first-order chi connectivity index (χ1) is 12.6. The number of benzene rings is 1. The Morgan fingerprint density at radius 3 is 2.65 bits per heavy atom. The van der Waals surface area contributed by atoms with E-state index in [-0.39, 0.29) is 11.6 Å². The zero-order valence-corrected chi connectivity index (χ0v) is 15.4. The average Bonchev–Trinajstić information content (AvgIpc) is 3.12. The molecule has 0 aliphatic carbocycles. The van der Waals surface area contributed by atoms with Crippen LogP contribution in [0.15, 0.2) is 47.3 Å². The number of aromatic nitrogens is 3. The van der Waals surface area contributed by atoms with E-state index in [1.807, 2.05) is 54.3 Å². The Kier molecular flexibility index (Phi) is 4.46. The van der Waals surface area contributed by atoms with Gasteiger partial charge in [-0.15, -0.1) is 11.3 Å². The van der Waals surface area contributed by atoms with E-state index in [9.17, 15) is 9.59 Å². The SMILES string of the molecule is Cc1ccc(C(=O)N2CCc3nn(Cc4ccccc4)c(=O)n3CC2)s1. The molecule has 1 aliphatic rings. The first-order valence-electron chi connectivity index (χ1n) is 8.68.